The minimum absolute atomic E-state index is 0.156. The molecule has 0 spiro atoms. The van der Waals surface area contributed by atoms with Crippen LogP contribution in [0.2, 0.25) is 0 Å². The van der Waals surface area contributed by atoms with Gasteiger partial charge in [0, 0.05) is 11.6 Å². The summed E-state index contributed by atoms with van der Waals surface area (Å²) >= 11 is 0. The first-order chi connectivity index (χ1) is 8.77. The molecule has 2 unspecified atom stereocenters. The number of rotatable bonds is 5. The van der Waals surface area contributed by atoms with Crippen LogP contribution in [0, 0.1) is 5.92 Å². The number of hydrogen-bond acceptors (Lipinski definition) is 3. The number of nitrogens with zero attached hydrogens (tertiary/aromatic N) is 1. The van der Waals surface area contributed by atoms with E-state index in [0.29, 0.717) is 5.92 Å². The number of aromatic nitrogens is 1. The predicted molar refractivity (Wildman–Crippen MR) is 75.9 cm³/mol. The van der Waals surface area contributed by atoms with E-state index in [1.807, 2.05) is 12.3 Å². The van der Waals surface area contributed by atoms with E-state index in [-0.39, 0.29) is 6.04 Å². The molecule has 0 fully saturated rings. The SMILES string of the molecule is CCCC(C)C(NN)c1cccc2cccnc12. The maximum Gasteiger partial charge on any atom is 0.0750 e. The molecule has 1 aromatic carbocycles. The van der Waals surface area contributed by atoms with E-state index in [9.17, 15) is 0 Å². The van der Waals surface area contributed by atoms with Crippen LogP contribution in [0.3, 0.4) is 0 Å². The molecule has 18 heavy (non-hydrogen) atoms. The van der Waals surface area contributed by atoms with Crippen molar-refractivity contribution in [3.8, 4) is 0 Å². The third-order valence-electron chi connectivity index (χ3n) is 3.49. The minimum atomic E-state index is 0.156. The molecule has 0 aliphatic heterocycles. The van der Waals surface area contributed by atoms with E-state index < -0.39 is 0 Å². The van der Waals surface area contributed by atoms with Gasteiger partial charge < -0.3 is 0 Å². The first-order valence-corrected chi connectivity index (χ1v) is 6.57. The molecule has 1 heterocycles. The van der Waals surface area contributed by atoms with Crippen LogP contribution in [0.4, 0.5) is 0 Å². The highest BCUT2D eigenvalue weighted by atomic mass is 15.2. The Kier molecular flexibility index (Phi) is 4.28. The van der Waals surface area contributed by atoms with Crippen molar-refractivity contribution in [1.29, 1.82) is 0 Å². The van der Waals surface area contributed by atoms with Crippen LogP contribution in [0.1, 0.15) is 38.3 Å². The molecule has 0 saturated carbocycles. The summed E-state index contributed by atoms with van der Waals surface area (Å²) in [4.78, 5) is 4.50. The summed E-state index contributed by atoms with van der Waals surface area (Å²) < 4.78 is 0. The third-order valence-corrected chi connectivity index (χ3v) is 3.49. The average molecular weight is 243 g/mol. The fraction of sp³-hybridized carbons (Fsp3) is 0.400. The summed E-state index contributed by atoms with van der Waals surface area (Å²) in [6, 6.07) is 10.5. The number of nitrogens with one attached hydrogen (secondary N) is 1. The van der Waals surface area contributed by atoms with Crippen molar-refractivity contribution in [3.05, 3.63) is 42.1 Å². The molecule has 0 radical (unpaired) electrons. The molecular weight excluding hydrogens is 222 g/mol. The van der Waals surface area contributed by atoms with Crippen molar-refractivity contribution in [3.63, 3.8) is 0 Å². The molecular formula is C15H21N3. The lowest BCUT2D eigenvalue weighted by atomic mass is 9.90. The highest BCUT2D eigenvalue weighted by Gasteiger charge is 2.19. The second-order valence-corrected chi connectivity index (χ2v) is 4.83. The lowest BCUT2D eigenvalue weighted by molar-refractivity contribution is 0.370. The van der Waals surface area contributed by atoms with Gasteiger partial charge in [0.2, 0.25) is 0 Å². The topological polar surface area (TPSA) is 50.9 Å². The van der Waals surface area contributed by atoms with Gasteiger partial charge in [0.1, 0.15) is 0 Å². The zero-order chi connectivity index (χ0) is 13.0. The van der Waals surface area contributed by atoms with Gasteiger partial charge in [-0.25, -0.2) is 0 Å². The molecule has 3 N–H and O–H groups in total. The summed E-state index contributed by atoms with van der Waals surface area (Å²) in [7, 11) is 0. The van der Waals surface area contributed by atoms with Crippen LogP contribution >= 0.6 is 0 Å². The molecule has 2 aromatic rings. The smallest absolute Gasteiger partial charge is 0.0750 e. The summed E-state index contributed by atoms with van der Waals surface area (Å²) in [6.07, 6.45) is 4.15. The average Bonchev–Trinajstić information content (AvgIpc) is 2.40. The van der Waals surface area contributed by atoms with Gasteiger partial charge in [-0.2, -0.15) is 0 Å². The summed E-state index contributed by atoms with van der Waals surface area (Å²) in [5.41, 5.74) is 5.19. The number of hydrogen-bond donors (Lipinski definition) is 2. The Balaban J connectivity index is 2.44. The van der Waals surface area contributed by atoms with Gasteiger partial charge in [-0.15, -0.1) is 0 Å². The number of para-hydroxylation sites is 1. The van der Waals surface area contributed by atoms with Crippen molar-refractivity contribution in [2.24, 2.45) is 11.8 Å². The molecule has 2 rings (SSSR count). The maximum atomic E-state index is 5.75. The van der Waals surface area contributed by atoms with Crippen molar-refractivity contribution in [2.45, 2.75) is 32.7 Å². The van der Waals surface area contributed by atoms with Gasteiger partial charge in [0.15, 0.2) is 0 Å². The molecule has 0 aliphatic carbocycles. The lowest BCUT2D eigenvalue weighted by Gasteiger charge is -2.24. The third kappa shape index (κ3) is 2.52. The molecule has 0 saturated heterocycles. The van der Waals surface area contributed by atoms with E-state index in [1.54, 1.807) is 0 Å². The Morgan fingerprint density at radius 2 is 2.06 bits per heavy atom. The number of benzene rings is 1. The van der Waals surface area contributed by atoms with Crippen molar-refractivity contribution >= 4 is 10.9 Å². The van der Waals surface area contributed by atoms with E-state index in [1.165, 1.54) is 10.9 Å². The largest absolute Gasteiger partial charge is 0.271 e. The van der Waals surface area contributed by atoms with Gasteiger partial charge in [-0.3, -0.25) is 16.3 Å². The maximum absolute atomic E-state index is 5.75. The monoisotopic (exact) mass is 243 g/mol. The Labute approximate surface area is 108 Å². The second kappa shape index (κ2) is 5.94. The van der Waals surface area contributed by atoms with Crippen molar-refractivity contribution < 1.29 is 0 Å². The van der Waals surface area contributed by atoms with Gasteiger partial charge >= 0.3 is 0 Å². The van der Waals surface area contributed by atoms with Crippen LogP contribution in [0.15, 0.2) is 36.5 Å². The molecule has 1 aromatic heterocycles. The Hall–Kier alpha value is -1.45. The molecule has 0 amide bonds. The zero-order valence-electron chi connectivity index (χ0n) is 11.1. The second-order valence-electron chi connectivity index (χ2n) is 4.83. The van der Waals surface area contributed by atoms with Crippen LogP contribution in [0.25, 0.3) is 10.9 Å². The summed E-state index contributed by atoms with van der Waals surface area (Å²) in [6.45, 7) is 4.43. The first kappa shape index (κ1) is 13.0. The van der Waals surface area contributed by atoms with E-state index >= 15 is 0 Å². The fourth-order valence-corrected chi connectivity index (χ4v) is 2.56. The summed E-state index contributed by atoms with van der Waals surface area (Å²) in [5, 5.41) is 1.17. The highest BCUT2D eigenvalue weighted by molar-refractivity contribution is 5.82. The first-order valence-electron chi connectivity index (χ1n) is 6.57. The number of fused-ring (bicyclic) bond motifs is 1. The Bertz CT molecular complexity index is 505. The van der Waals surface area contributed by atoms with Gasteiger partial charge in [-0.05, 0) is 24.0 Å². The predicted octanol–water partition coefficient (Wildman–Crippen LogP) is 3.18. The number of pyridine rings is 1. The molecule has 96 valence electrons. The van der Waals surface area contributed by atoms with Gasteiger partial charge in [0.25, 0.3) is 0 Å². The van der Waals surface area contributed by atoms with Crippen molar-refractivity contribution in [2.75, 3.05) is 0 Å². The molecule has 0 bridgehead atoms. The summed E-state index contributed by atoms with van der Waals surface area (Å²) in [5.74, 6) is 6.24. The minimum Gasteiger partial charge on any atom is -0.271 e. The van der Waals surface area contributed by atoms with Gasteiger partial charge in [0.05, 0.1) is 11.6 Å². The number of hydrazine groups is 1. The quantitative estimate of drug-likeness (QED) is 0.626. The van der Waals surface area contributed by atoms with E-state index in [4.69, 9.17) is 5.84 Å². The number of nitrogens with two attached hydrogens (primary N) is 1. The molecule has 3 heteroatoms. The lowest BCUT2D eigenvalue weighted by Crippen LogP contribution is -2.32. The molecule has 2 atom stereocenters. The van der Waals surface area contributed by atoms with Crippen LogP contribution in [0.5, 0.6) is 0 Å². The van der Waals surface area contributed by atoms with E-state index in [2.05, 4.69) is 48.5 Å². The van der Waals surface area contributed by atoms with Crippen LogP contribution < -0.4 is 11.3 Å². The van der Waals surface area contributed by atoms with E-state index in [0.717, 1.165) is 18.4 Å². The highest BCUT2D eigenvalue weighted by Crippen LogP contribution is 2.29. The van der Waals surface area contributed by atoms with Crippen molar-refractivity contribution in [1.82, 2.24) is 10.4 Å². The molecule has 3 nitrogen and oxygen atoms in total. The van der Waals surface area contributed by atoms with Gasteiger partial charge in [-0.1, -0.05) is 44.5 Å². The normalized spacial score (nSPS) is 14.6. The Morgan fingerprint density at radius 3 is 2.78 bits per heavy atom. The molecule has 0 aliphatic rings. The van der Waals surface area contributed by atoms with Crippen LogP contribution in [-0.4, -0.2) is 4.98 Å². The fourth-order valence-electron chi connectivity index (χ4n) is 2.56. The van der Waals surface area contributed by atoms with Crippen LogP contribution in [-0.2, 0) is 0 Å². The zero-order valence-corrected chi connectivity index (χ0v) is 11.1. The standard InChI is InChI=1S/C15H21N3/c1-3-6-11(2)14(18-16)13-9-4-7-12-8-5-10-17-15(12)13/h4-5,7-11,14,18H,3,6,16H2,1-2H3. The Morgan fingerprint density at radius 1 is 1.28 bits per heavy atom.